The van der Waals surface area contributed by atoms with Gasteiger partial charge in [0.1, 0.15) is 6.04 Å². The molecule has 0 spiro atoms. The van der Waals surface area contributed by atoms with Gasteiger partial charge in [-0.25, -0.2) is 4.68 Å². The number of nitrogens with zero attached hydrogens (tertiary/aromatic N) is 5. The molecule has 1 aliphatic rings. The Labute approximate surface area is 158 Å². The smallest absolute Gasteiger partial charge is 0.274 e. The Bertz CT molecular complexity index is 945. The highest BCUT2D eigenvalue weighted by Gasteiger charge is 2.34. The summed E-state index contributed by atoms with van der Waals surface area (Å²) < 4.78 is 7.85. The minimum Gasteiger partial charge on any atom is -0.339 e. The van der Waals surface area contributed by atoms with Gasteiger partial charge in [-0.1, -0.05) is 26.3 Å². The molecule has 2 aromatic heterocycles. The lowest BCUT2D eigenvalue weighted by Crippen LogP contribution is -2.28. The zero-order chi connectivity index (χ0) is 18.3. The molecule has 0 radical (unpaired) electrons. The minimum absolute atomic E-state index is 0.293. The van der Waals surface area contributed by atoms with Gasteiger partial charge in [-0.05, 0) is 51.0 Å². The molecule has 8 nitrogen and oxygen atoms in total. The van der Waals surface area contributed by atoms with Gasteiger partial charge in [0.25, 0.3) is 5.91 Å². The SMILES string of the molecule is Cc1noc(C(C)NC(=O)c2nnn(-c3ccc(Br)cc3)c2C2CC2)n1. The fourth-order valence-electron chi connectivity index (χ4n) is 2.76. The molecule has 3 aromatic rings. The number of rotatable bonds is 5. The van der Waals surface area contributed by atoms with Crippen molar-refractivity contribution in [1.29, 1.82) is 0 Å². The molecule has 1 aliphatic carbocycles. The first-order chi connectivity index (χ1) is 12.5. The number of carbonyl (C=O) groups is 1. The number of amides is 1. The van der Waals surface area contributed by atoms with Crippen molar-refractivity contribution in [2.24, 2.45) is 0 Å². The number of aryl methyl sites for hydroxylation is 1. The predicted molar refractivity (Wildman–Crippen MR) is 96.0 cm³/mol. The molecular formula is C17H17BrN6O2. The summed E-state index contributed by atoms with van der Waals surface area (Å²) in [5.74, 6) is 0.902. The van der Waals surface area contributed by atoms with Gasteiger partial charge < -0.3 is 9.84 Å². The number of carbonyl (C=O) groups excluding carboxylic acids is 1. The topological polar surface area (TPSA) is 98.7 Å². The van der Waals surface area contributed by atoms with Crippen LogP contribution in [0.4, 0.5) is 0 Å². The zero-order valence-corrected chi connectivity index (χ0v) is 15.9. The van der Waals surface area contributed by atoms with Crippen LogP contribution in [0.5, 0.6) is 0 Å². The Hall–Kier alpha value is -2.55. The van der Waals surface area contributed by atoms with Crippen LogP contribution in [0.3, 0.4) is 0 Å². The van der Waals surface area contributed by atoms with Crippen LogP contribution in [-0.4, -0.2) is 31.0 Å². The van der Waals surface area contributed by atoms with Crippen molar-refractivity contribution in [3.8, 4) is 5.69 Å². The number of benzene rings is 1. The second-order valence-electron chi connectivity index (χ2n) is 6.36. The van der Waals surface area contributed by atoms with Crippen LogP contribution < -0.4 is 5.32 Å². The predicted octanol–water partition coefficient (Wildman–Crippen LogP) is 3.09. The van der Waals surface area contributed by atoms with Crippen LogP contribution in [-0.2, 0) is 0 Å². The molecule has 1 saturated carbocycles. The molecule has 0 aliphatic heterocycles. The normalized spacial score (nSPS) is 15.0. The van der Waals surface area contributed by atoms with Gasteiger partial charge in [0, 0.05) is 10.4 Å². The third-order valence-corrected chi connectivity index (χ3v) is 4.75. The molecule has 1 N–H and O–H groups in total. The first kappa shape index (κ1) is 16.9. The number of aromatic nitrogens is 5. The standard InChI is InChI=1S/C17H17BrN6O2/c1-9(17-20-10(2)22-26-17)19-16(25)14-15(11-3-4-11)24(23-21-14)13-7-5-12(18)6-8-13/h5-9,11H,3-4H2,1-2H3,(H,19,25). The maximum absolute atomic E-state index is 12.8. The van der Waals surface area contributed by atoms with Crippen LogP contribution >= 0.6 is 15.9 Å². The fourth-order valence-corrected chi connectivity index (χ4v) is 3.03. The molecule has 9 heteroatoms. The van der Waals surface area contributed by atoms with Crippen molar-refractivity contribution in [1.82, 2.24) is 30.5 Å². The summed E-state index contributed by atoms with van der Waals surface area (Å²) in [6.07, 6.45) is 2.06. The number of hydrogen-bond acceptors (Lipinski definition) is 6. The van der Waals surface area contributed by atoms with E-state index in [1.165, 1.54) is 0 Å². The summed E-state index contributed by atoms with van der Waals surface area (Å²) in [5.41, 5.74) is 2.07. The van der Waals surface area contributed by atoms with Gasteiger partial charge in [0.15, 0.2) is 11.5 Å². The molecule has 4 rings (SSSR count). The summed E-state index contributed by atoms with van der Waals surface area (Å²) in [5, 5.41) is 15.0. The van der Waals surface area contributed by atoms with E-state index in [4.69, 9.17) is 4.52 Å². The van der Waals surface area contributed by atoms with Crippen LogP contribution in [0, 0.1) is 6.92 Å². The molecule has 1 atom stereocenters. The van der Waals surface area contributed by atoms with Gasteiger partial charge in [-0.3, -0.25) is 4.79 Å². The Morgan fingerprint density at radius 3 is 2.69 bits per heavy atom. The second-order valence-corrected chi connectivity index (χ2v) is 7.28. The highest BCUT2D eigenvalue weighted by molar-refractivity contribution is 9.10. The Morgan fingerprint density at radius 2 is 2.08 bits per heavy atom. The average molecular weight is 417 g/mol. The van der Waals surface area contributed by atoms with E-state index in [0.29, 0.717) is 23.3 Å². The number of halogens is 1. The monoisotopic (exact) mass is 416 g/mol. The molecule has 1 aromatic carbocycles. The summed E-state index contributed by atoms with van der Waals surface area (Å²) in [7, 11) is 0. The van der Waals surface area contributed by atoms with Crippen LogP contribution in [0.25, 0.3) is 5.69 Å². The van der Waals surface area contributed by atoms with E-state index in [-0.39, 0.29) is 5.91 Å². The quantitative estimate of drug-likeness (QED) is 0.685. The molecule has 0 saturated heterocycles. The van der Waals surface area contributed by atoms with Crippen molar-refractivity contribution in [2.75, 3.05) is 0 Å². The summed E-state index contributed by atoms with van der Waals surface area (Å²) in [6, 6.07) is 7.35. The van der Waals surface area contributed by atoms with E-state index in [1.54, 1.807) is 18.5 Å². The third kappa shape index (κ3) is 3.26. The molecule has 2 heterocycles. The molecule has 0 bridgehead atoms. The lowest BCUT2D eigenvalue weighted by atomic mass is 10.2. The van der Waals surface area contributed by atoms with Gasteiger partial charge in [-0.2, -0.15) is 4.98 Å². The number of nitrogens with one attached hydrogen (secondary N) is 1. The third-order valence-electron chi connectivity index (χ3n) is 4.22. The lowest BCUT2D eigenvalue weighted by Gasteiger charge is -2.10. The van der Waals surface area contributed by atoms with Crippen molar-refractivity contribution in [3.05, 3.63) is 51.8 Å². The zero-order valence-electron chi connectivity index (χ0n) is 14.3. The minimum atomic E-state index is -0.409. The van der Waals surface area contributed by atoms with E-state index in [1.807, 2.05) is 24.3 Å². The molecule has 1 amide bonds. The number of hydrogen-bond donors (Lipinski definition) is 1. The Kier molecular flexibility index (Phi) is 4.31. The van der Waals surface area contributed by atoms with Crippen LogP contribution in [0.2, 0.25) is 0 Å². The Morgan fingerprint density at radius 1 is 1.35 bits per heavy atom. The molecule has 134 valence electrons. The molecule has 1 fully saturated rings. The average Bonchev–Trinajstić information content (AvgIpc) is 3.20. The van der Waals surface area contributed by atoms with E-state index in [2.05, 4.69) is 41.7 Å². The summed E-state index contributed by atoms with van der Waals surface area (Å²) in [6.45, 7) is 3.53. The summed E-state index contributed by atoms with van der Waals surface area (Å²) in [4.78, 5) is 16.9. The fraction of sp³-hybridized carbons (Fsp3) is 0.353. The largest absolute Gasteiger partial charge is 0.339 e. The highest BCUT2D eigenvalue weighted by atomic mass is 79.9. The van der Waals surface area contributed by atoms with Crippen molar-refractivity contribution < 1.29 is 9.32 Å². The maximum Gasteiger partial charge on any atom is 0.274 e. The van der Waals surface area contributed by atoms with E-state index < -0.39 is 6.04 Å². The van der Waals surface area contributed by atoms with Crippen LogP contribution in [0.15, 0.2) is 33.3 Å². The van der Waals surface area contributed by atoms with Gasteiger partial charge in [0.2, 0.25) is 5.89 Å². The van der Waals surface area contributed by atoms with Crippen molar-refractivity contribution >= 4 is 21.8 Å². The highest BCUT2D eigenvalue weighted by Crippen LogP contribution is 2.42. The molecule has 26 heavy (non-hydrogen) atoms. The molecule has 1 unspecified atom stereocenters. The first-order valence-corrected chi connectivity index (χ1v) is 9.15. The second kappa shape index (κ2) is 6.64. The lowest BCUT2D eigenvalue weighted by molar-refractivity contribution is 0.0926. The molecular weight excluding hydrogens is 400 g/mol. The van der Waals surface area contributed by atoms with Crippen LogP contribution in [0.1, 0.15) is 59.6 Å². The first-order valence-electron chi connectivity index (χ1n) is 8.35. The maximum atomic E-state index is 12.8. The van der Waals surface area contributed by atoms with Gasteiger partial charge in [-0.15, -0.1) is 5.10 Å². The van der Waals surface area contributed by atoms with Gasteiger partial charge >= 0.3 is 0 Å². The van der Waals surface area contributed by atoms with E-state index in [9.17, 15) is 4.79 Å². The van der Waals surface area contributed by atoms with E-state index >= 15 is 0 Å². The Balaban J connectivity index is 1.62. The summed E-state index contributed by atoms with van der Waals surface area (Å²) >= 11 is 3.43. The van der Waals surface area contributed by atoms with E-state index in [0.717, 1.165) is 28.7 Å². The van der Waals surface area contributed by atoms with Crippen molar-refractivity contribution in [3.63, 3.8) is 0 Å². The van der Waals surface area contributed by atoms with Gasteiger partial charge in [0.05, 0.1) is 11.4 Å². The van der Waals surface area contributed by atoms with Crippen molar-refractivity contribution in [2.45, 2.75) is 38.6 Å².